The zero-order valence-corrected chi connectivity index (χ0v) is 27.1. The number of nitrogens with one attached hydrogen (secondary N) is 2. The lowest BCUT2D eigenvalue weighted by molar-refractivity contribution is 0.409. The Hall–Kier alpha value is -6.43. The fourth-order valence-electron chi connectivity index (χ4n) is 7.44. The Morgan fingerprint density at radius 1 is 0.480 bits per heavy atom. The van der Waals surface area contributed by atoms with Crippen molar-refractivity contribution < 1.29 is 4.42 Å². The van der Waals surface area contributed by atoms with Crippen LogP contribution < -0.4 is 10.6 Å². The van der Waals surface area contributed by atoms with Crippen LogP contribution in [0.15, 0.2) is 179 Å². The normalized spacial score (nSPS) is 16.2. The van der Waals surface area contributed by atoms with Gasteiger partial charge >= 0.3 is 0 Å². The number of rotatable bonds is 5. The van der Waals surface area contributed by atoms with E-state index >= 15 is 0 Å². The second kappa shape index (κ2) is 11.6. The number of para-hydroxylation sites is 2. The number of nitrogens with zero attached hydrogens (tertiary/aromatic N) is 2. The highest BCUT2D eigenvalue weighted by Crippen LogP contribution is 2.38. The van der Waals surface area contributed by atoms with Crippen molar-refractivity contribution in [3.8, 4) is 16.8 Å². The molecule has 0 radical (unpaired) electrons. The summed E-state index contributed by atoms with van der Waals surface area (Å²) in [6.07, 6.45) is -0.350. The number of fused-ring (bicyclic) bond motifs is 6. The van der Waals surface area contributed by atoms with Gasteiger partial charge in [0.05, 0.1) is 11.0 Å². The quantitative estimate of drug-likeness (QED) is 0.196. The Labute approximate surface area is 289 Å². The highest BCUT2D eigenvalue weighted by atomic mass is 16.3. The predicted octanol–water partition coefficient (Wildman–Crippen LogP) is 10.7. The van der Waals surface area contributed by atoms with E-state index in [1.165, 1.54) is 27.4 Å². The molecule has 2 N–H and O–H groups in total. The number of aromatic nitrogens is 1. The molecule has 0 fully saturated rings. The van der Waals surface area contributed by atoms with Gasteiger partial charge in [0, 0.05) is 32.8 Å². The second-order valence-electron chi connectivity index (χ2n) is 12.9. The number of aliphatic imine (C=N–C) groups is 1. The zero-order valence-electron chi connectivity index (χ0n) is 27.1. The third-order valence-corrected chi connectivity index (χ3v) is 9.88. The van der Waals surface area contributed by atoms with Crippen LogP contribution in [0.5, 0.6) is 0 Å². The van der Waals surface area contributed by atoms with E-state index in [1.54, 1.807) is 0 Å². The summed E-state index contributed by atoms with van der Waals surface area (Å²) in [7, 11) is 0. The molecule has 50 heavy (non-hydrogen) atoms. The maximum atomic E-state index is 6.48. The smallest absolute Gasteiger partial charge is 0.135 e. The maximum absolute atomic E-state index is 6.48. The topological polar surface area (TPSA) is 54.5 Å². The average molecular weight is 645 g/mol. The first kappa shape index (κ1) is 28.6. The Bertz CT molecular complexity index is 2710. The summed E-state index contributed by atoms with van der Waals surface area (Å²) in [5, 5.41) is 12.0. The lowest BCUT2D eigenvalue weighted by Crippen LogP contribution is -2.44. The monoisotopic (exact) mass is 644 g/mol. The molecule has 0 amide bonds. The van der Waals surface area contributed by atoms with E-state index in [9.17, 15) is 0 Å². The lowest BCUT2D eigenvalue weighted by atomic mass is 10.00. The third kappa shape index (κ3) is 4.79. The van der Waals surface area contributed by atoms with E-state index in [1.807, 2.05) is 24.3 Å². The van der Waals surface area contributed by atoms with Gasteiger partial charge in [-0.2, -0.15) is 0 Å². The van der Waals surface area contributed by atoms with E-state index in [-0.39, 0.29) is 12.3 Å². The van der Waals surface area contributed by atoms with Crippen LogP contribution in [0, 0.1) is 0 Å². The molecule has 2 aromatic heterocycles. The SMILES string of the molecule is c1ccc(C2=NC(c3ccc4c(c3)oc3ccc(-c5ccc6c(c5)c5ccccc5n6-c5ccccc5)cc34)NC(c3ccccc3)N2)cc1. The molecule has 0 saturated carbocycles. The summed E-state index contributed by atoms with van der Waals surface area (Å²) in [5.74, 6) is 0.862. The van der Waals surface area contributed by atoms with E-state index < -0.39 is 0 Å². The molecule has 0 spiro atoms. The Kier molecular flexibility index (Phi) is 6.64. The maximum Gasteiger partial charge on any atom is 0.135 e. The van der Waals surface area contributed by atoms with Crippen molar-refractivity contribution in [3.63, 3.8) is 0 Å². The van der Waals surface area contributed by atoms with Gasteiger partial charge in [-0.3, -0.25) is 5.32 Å². The van der Waals surface area contributed by atoms with E-state index in [2.05, 4.69) is 161 Å². The van der Waals surface area contributed by atoms with Crippen LogP contribution in [0.3, 0.4) is 0 Å². The fourth-order valence-corrected chi connectivity index (χ4v) is 7.44. The van der Waals surface area contributed by atoms with Crippen molar-refractivity contribution in [2.24, 2.45) is 4.99 Å². The zero-order chi connectivity index (χ0) is 33.0. The number of hydrogen-bond acceptors (Lipinski definition) is 4. The van der Waals surface area contributed by atoms with Gasteiger partial charge in [0.1, 0.15) is 29.3 Å². The summed E-state index contributed by atoms with van der Waals surface area (Å²) >= 11 is 0. The molecule has 2 atom stereocenters. The standard InChI is InChI=1S/C45H32N4O/c1-4-12-29(13-5-1)43-46-44(30-14-6-2-7-15-30)48-45(47-43)33-20-23-36-38-27-32(22-25-41(38)50-42(36)28-33)31-21-24-40-37(26-31)35-18-10-11-19-39(35)49(40)34-16-8-3-9-17-34/h1-28,43,45,47H,(H,46,48). The van der Waals surface area contributed by atoms with Gasteiger partial charge in [0.15, 0.2) is 0 Å². The van der Waals surface area contributed by atoms with Gasteiger partial charge in [-0.05, 0) is 70.8 Å². The molecule has 0 aliphatic carbocycles. The van der Waals surface area contributed by atoms with Crippen molar-refractivity contribution in [2.75, 3.05) is 0 Å². The van der Waals surface area contributed by atoms with E-state index in [0.717, 1.165) is 55.7 Å². The number of hydrogen-bond donors (Lipinski definition) is 2. The average Bonchev–Trinajstić information content (AvgIpc) is 3.73. The van der Waals surface area contributed by atoms with Crippen LogP contribution in [0.1, 0.15) is 29.0 Å². The van der Waals surface area contributed by atoms with Crippen molar-refractivity contribution in [2.45, 2.75) is 12.3 Å². The van der Waals surface area contributed by atoms with Crippen molar-refractivity contribution in [3.05, 3.63) is 187 Å². The molecule has 5 nitrogen and oxygen atoms in total. The number of amidine groups is 1. The molecule has 0 bridgehead atoms. The van der Waals surface area contributed by atoms with Crippen LogP contribution in [0.4, 0.5) is 0 Å². The van der Waals surface area contributed by atoms with Crippen molar-refractivity contribution in [1.29, 1.82) is 0 Å². The Morgan fingerprint density at radius 3 is 1.98 bits per heavy atom. The minimum Gasteiger partial charge on any atom is -0.456 e. The molecule has 5 heteroatoms. The molecule has 0 saturated heterocycles. The minimum atomic E-state index is -0.255. The highest BCUT2D eigenvalue weighted by molar-refractivity contribution is 6.11. The summed E-state index contributed by atoms with van der Waals surface area (Å²) < 4.78 is 8.83. The van der Waals surface area contributed by atoms with Crippen LogP contribution in [0.2, 0.25) is 0 Å². The highest BCUT2D eigenvalue weighted by Gasteiger charge is 2.26. The first-order valence-corrected chi connectivity index (χ1v) is 17.0. The fraction of sp³-hybridized carbons (Fsp3) is 0.0444. The molecule has 238 valence electrons. The first-order chi connectivity index (χ1) is 24.8. The first-order valence-electron chi connectivity index (χ1n) is 17.0. The summed E-state index contributed by atoms with van der Waals surface area (Å²) in [5.41, 5.74) is 10.9. The number of benzene rings is 7. The third-order valence-electron chi connectivity index (χ3n) is 9.88. The van der Waals surface area contributed by atoms with Gasteiger partial charge in [0.25, 0.3) is 0 Å². The van der Waals surface area contributed by atoms with Gasteiger partial charge in [-0.15, -0.1) is 0 Å². The second-order valence-corrected chi connectivity index (χ2v) is 12.9. The molecule has 9 aromatic rings. The van der Waals surface area contributed by atoms with Crippen LogP contribution >= 0.6 is 0 Å². The van der Waals surface area contributed by atoms with Gasteiger partial charge in [0.2, 0.25) is 0 Å². The lowest BCUT2D eigenvalue weighted by Gasteiger charge is -2.32. The van der Waals surface area contributed by atoms with Crippen molar-refractivity contribution >= 4 is 49.6 Å². The predicted molar refractivity (Wildman–Crippen MR) is 205 cm³/mol. The molecule has 10 rings (SSSR count). The molecule has 1 aliphatic rings. The number of furan rings is 1. The van der Waals surface area contributed by atoms with E-state index in [0.29, 0.717) is 0 Å². The van der Waals surface area contributed by atoms with Gasteiger partial charge < -0.3 is 14.3 Å². The molecule has 2 unspecified atom stereocenters. The van der Waals surface area contributed by atoms with E-state index in [4.69, 9.17) is 9.41 Å². The Balaban J connectivity index is 1.04. The van der Waals surface area contributed by atoms with Crippen LogP contribution in [0.25, 0.3) is 60.6 Å². The molecular formula is C45H32N4O. The molecule has 3 heterocycles. The Morgan fingerprint density at radius 2 is 1.16 bits per heavy atom. The summed E-state index contributed by atoms with van der Waals surface area (Å²) in [6.45, 7) is 0. The molecular weight excluding hydrogens is 613 g/mol. The largest absolute Gasteiger partial charge is 0.456 e. The molecule has 1 aliphatic heterocycles. The van der Waals surface area contributed by atoms with Gasteiger partial charge in [-0.1, -0.05) is 121 Å². The minimum absolute atomic E-state index is 0.0955. The van der Waals surface area contributed by atoms with Gasteiger partial charge in [-0.25, -0.2) is 4.99 Å². The van der Waals surface area contributed by atoms with Crippen LogP contribution in [-0.2, 0) is 0 Å². The van der Waals surface area contributed by atoms with Crippen molar-refractivity contribution in [1.82, 2.24) is 15.2 Å². The van der Waals surface area contributed by atoms with Crippen LogP contribution in [-0.4, -0.2) is 10.4 Å². The molecule has 7 aromatic carbocycles. The summed E-state index contributed by atoms with van der Waals surface area (Å²) in [4.78, 5) is 5.13. The summed E-state index contributed by atoms with van der Waals surface area (Å²) in [6, 6.07) is 59.8.